The summed E-state index contributed by atoms with van der Waals surface area (Å²) in [5.41, 5.74) is 5.17. The van der Waals surface area contributed by atoms with Gasteiger partial charge in [0.25, 0.3) is 0 Å². The average molecular weight is 350 g/mol. The largest absolute Gasteiger partial charge is 0.326 e. The van der Waals surface area contributed by atoms with E-state index in [4.69, 9.17) is 0 Å². The Bertz CT molecular complexity index is 676. The Hall–Kier alpha value is -1.62. The van der Waals surface area contributed by atoms with Crippen LogP contribution in [0.5, 0.6) is 0 Å². The van der Waals surface area contributed by atoms with Gasteiger partial charge in [-0.05, 0) is 60.8 Å². The lowest BCUT2D eigenvalue weighted by Gasteiger charge is -2.10. The molecule has 0 aliphatic carbocycles. The highest BCUT2D eigenvalue weighted by Crippen LogP contribution is 2.20. The molecule has 2 aromatic rings. The lowest BCUT2D eigenvalue weighted by molar-refractivity contribution is -0.116. The first-order valence-electron chi connectivity index (χ1n) is 6.95. The zero-order valence-corrected chi connectivity index (χ0v) is 14.4. The fourth-order valence-electron chi connectivity index (χ4n) is 2.20. The van der Waals surface area contributed by atoms with Gasteiger partial charge in [0.2, 0.25) is 5.91 Å². The second-order valence-electron chi connectivity index (χ2n) is 5.25. The summed E-state index contributed by atoms with van der Waals surface area (Å²) >= 11 is 3.49. The standard InChI is InChI=1S/C16H20BrN3O/c1-10-6-5-7-14(11(10)2)18-15(21)8-9-20-13(4)16(17)12(3)19-20/h5-7H,8-9H2,1-4H3,(H,18,21). The molecular weight excluding hydrogens is 330 g/mol. The van der Waals surface area contributed by atoms with E-state index in [0.717, 1.165) is 27.1 Å². The highest BCUT2D eigenvalue weighted by Gasteiger charge is 2.11. The van der Waals surface area contributed by atoms with Crippen molar-refractivity contribution in [1.82, 2.24) is 9.78 Å². The van der Waals surface area contributed by atoms with Crippen molar-refractivity contribution in [3.8, 4) is 0 Å². The van der Waals surface area contributed by atoms with Crippen molar-refractivity contribution in [3.63, 3.8) is 0 Å². The third-order valence-corrected chi connectivity index (χ3v) is 4.87. The fraction of sp³-hybridized carbons (Fsp3) is 0.375. The number of hydrogen-bond acceptors (Lipinski definition) is 2. The number of anilines is 1. The Kier molecular flexibility index (Phi) is 4.83. The molecule has 1 aromatic carbocycles. The molecule has 0 spiro atoms. The van der Waals surface area contributed by atoms with E-state index in [1.54, 1.807) is 0 Å². The number of rotatable bonds is 4. The van der Waals surface area contributed by atoms with Crippen molar-refractivity contribution in [3.05, 3.63) is 45.2 Å². The number of amides is 1. The summed E-state index contributed by atoms with van der Waals surface area (Å²) in [6, 6.07) is 5.93. The van der Waals surface area contributed by atoms with Crippen LogP contribution >= 0.6 is 15.9 Å². The zero-order valence-electron chi connectivity index (χ0n) is 12.8. The van der Waals surface area contributed by atoms with Crippen molar-refractivity contribution >= 4 is 27.5 Å². The first kappa shape index (κ1) is 15.8. The zero-order chi connectivity index (χ0) is 15.6. The van der Waals surface area contributed by atoms with Crippen LogP contribution in [0.1, 0.15) is 28.9 Å². The lowest BCUT2D eigenvalue weighted by Crippen LogP contribution is -2.16. The fourth-order valence-corrected chi connectivity index (χ4v) is 2.48. The van der Waals surface area contributed by atoms with Gasteiger partial charge >= 0.3 is 0 Å². The topological polar surface area (TPSA) is 46.9 Å². The molecule has 2 rings (SSSR count). The number of carbonyl (C=O) groups excluding carboxylic acids is 1. The molecule has 0 saturated carbocycles. The van der Waals surface area contributed by atoms with E-state index in [1.165, 1.54) is 5.56 Å². The van der Waals surface area contributed by atoms with Crippen molar-refractivity contribution in [1.29, 1.82) is 0 Å². The van der Waals surface area contributed by atoms with E-state index in [1.807, 2.05) is 50.6 Å². The van der Waals surface area contributed by atoms with Gasteiger partial charge in [0.05, 0.1) is 16.7 Å². The summed E-state index contributed by atoms with van der Waals surface area (Å²) in [6.07, 6.45) is 0.405. The number of nitrogens with one attached hydrogen (secondary N) is 1. The summed E-state index contributed by atoms with van der Waals surface area (Å²) in [7, 11) is 0. The summed E-state index contributed by atoms with van der Waals surface area (Å²) in [4.78, 5) is 12.1. The Morgan fingerprint density at radius 3 is 2.62 bits per heavy atom. The van der Waals surface area contributed by atoms with Crippen LogP contribution in [0, 0.1) is 27.7 Å². The molecule has 1 heterocycles. The molecule has 1 amide bonds. The van der Waals surface area contributed by atoms with E-state index >= 15 is 0 Å². The SMILES string of the molecule is Cc1cccc(NC(=O)CCn2nc(C)c(Br)c2C)c1C. The predicted octanol–water partition coefficient (Wildman–Crippen LogP) is 3.91. The van der Waals surface area contributed by atoms with Gasteiger partial charge in [-0.25, -0.2) is 0 Å². The van der Waals surface area contributed by atoms with Gasteiger partial charge in [0.15, 0.2) is 0 Å². The normalized spacial score (nSPS) is 10.7. The summed E-state index contributed by atoms with van der Waals surface area (Å²) in [6.45, 7) is 8.58. The molecule has 0 aliphatic heterocycles. The van der Waals surface area contributed by atoms with Gasteiger partial charge in [-0.2, -0.15) is 5.10 Å². The van der Waals surface area contributed by atoms with E-state index < -0.39 is 0 Å². The molecule has 112 valence electrons. The van der Waals surface area contributed by atoms with E-state index in [0.29, 0.717) is 13.0 Å². The van der Waals surface area contributed by atoms with Crippen LogP contribution in [0.2, 0.25) is 0 Å². The maximum atomic E-state index is 12.1. The minimum atomic E-state index is 0.00683. The Labute approximate surface area is 133 Å². The third kappa shape index (κ3) is 3.53. The highest BCUT2D eigenvalue weighted by atomic mass is 79.9. The molecule has 0 saturated heterocycles. The van der Waals surface area contributed by atoms with Crippen molar-refractivity contribution in [2.45, 2.75) is 40.7 Å². The van der Waals surface area contributed by atoms with Crippen LogP contribution in [0.4, 0.5) is 5.69 Å². The van der Waals surface area contributed by atoms with E-state index in [9.17, 15) is 4.79 Å². The molecule has 0 radical (unpaired) electrons. The summed E-state index contributed by atoms with van der Waals surface area (Å²) in [5, 5.41) is 7.38. The van der Waals surface area contributed by atoms with Crippen molar-refractivity contribution < 1.29 is 4.79 Å². The number of aryl methyl sites for hydroxylation is 3. The molecule has 0 fully saturated rings. The number of nitrogens with zero attached hydrogens (tertiary/aromatic N) is 2. The molecule has 5 heteroatoms. The third-order valence-electron chi connectivity index (χ3n) is 3.72. The second kappa shape index (κ2) is 6.43. The molecule has 0 bridgehead atoms. The van der Waals surface area contributed by atoms with Gasteiger partial charge in [0, 0.05) is 17.8 Å². The first-order chi connectivity index (χ1) is 9.90. The molecule has 0 aliphatic rings. The van der Waals surface area contributed by atoms with Crippen LogP contribution in [-0.4, -0.2) is 15.7 Å². The van der Waals surface area contributed by atoms with Crippen LogP contribution in [0.3, 0.4) is 0 Å². The Morgan fingerprint density at radius 1 is 1.29 bits per heavy atom. The Balaban J connectivity index is 1.99. The molecule has 21 heavy (non-hydrogen) atoms. The van der Waals surface area contributed by atoms with Crippen molar-refractivity contribution in [2.24, 2.45) is 0 Å². The summed E-state index contributed by atoms with van der Waals surface area (Å²) < 4.78 is 2.87. The minimum Gasteiger partial charge on any atom is -0.326 e. The maximum Gasteiger partial charge on any atom is 0.226 e. The van der Waals surface area contributed by atoms with E-state index in [2.05, 4.69) is 26.3 Å². The molecular formula is C16H20BrN3O. The van der Waals surface area contributed by atoms with Crippen LogP contribution in [-0.2, 0) is 11.3 Å². The van der Waals surface area contributed by atoms with Gasteiger partial charge in [-0.1, -0.05) is 12.1 Å². The molecule has 4 nitrogen and oxygen atoms in total. The van der Waals surface area contributed by atoms with E-state index in [-0.39, 0.29) is 5.91 Å². The lowest BCUT2D eigenvalue weighted by atomic mass is 10.1. The predicted molar refractivity (Wildman–Crippen MR) is 88.6 cm³/mol. The quantitative estimate of drug-likeness (QED) is 0.909. The number of aromatic nitrogens is 2. The number of benzene rings is 1. The number of carbonyl (C=O) groups is 1. The maximum absolute atomic E-state index is 12.1. The van der Waals surface area contributed by atoms with Crippen LogP contribution < -0.4 is 5.32 Å². The molecule has 0 unspecified atom stereocenters. The van der Waals surface area contributed by atoms with Crippen molar-refractivity contribution in [2.75, 3.05) is 5.32 Å². The minimum absolute atomic E-state index is 0.00683. The summed E-state index contributed by atoms with van der Waals surface area (Å²) in [5.74, 6) is 0.00683. The average Bonchev–Trinajstić information content (AvgIpc) is 2.69. The smallest absolute Gasteiger partial charge is 0.226 e. The monoisotopic (exact) mass is 349 g/mol. The highest BCUT2D eigenvalue weighted by molar-refractivity contribution is 9.10. The Morgan fingerprint density at radius 2 is 2.00 bits per heavy atom. The van der Waals surface area contributed by atoms with Crippen LogP contribution in [0.15, 0.2) is 22.7 Å². The van der Waals surface area contributed by atoms with Gasteiger partial charge in [0.1, 0.15) is 0 Å². The molecule has 1 N–H and O–H groups in total. The second-order valence-corrected chi connectivity index (χ2v) is 6.05. The number of hydrogen-bond donors (Lipinski definition) is 1. The van der Waals surface area contributed by atoms with Crippen LogP contribution in [0.25, 0.3) is 0 Å². The number of halogens is 1. The van der Waals surface area contributed by atoms with Gasteiger partial charge < -0.3 is 5.32 Å². The molecule has 0 atom stereocenters. The van der Waals surface area contributed by atoms with Gasteiger partial charge in [-0.15, -0.1) is 0 Å². The van der Waals surface area contributed by atoms with Gasteiger partial charge in [-0.3, -0.25) is 9.48 Å². The molecule has 1 aromatic heterocycles. The first-order valence-corrected chi connectivity index (χ1v) is 7.75.